The number of carbonyl (C=O) groups excluding carboxylic acids is 4. The lowest BCUT2D eigenvalue weighted by atomic mass is 9.99. The first-order chi connectivity index (χ1) is 43.9. The molecule has 0 radical (unpaired) electrons. The third kappa shape index (κ3) is 63.9. The maximum absolute atomic E-state index is 13.0. The van der Waals surface area contributed by atoms with Crippen molar-refractivity contribution < 1.29 is 80.2 Å². The predicted octanol–water partition coefficient (Wildman–Crippen LogP) is 20.8. The fourth-order valence-corrected chi connectivity index (χ4v) is 12.5. The van der Waals surface area contributed by atoms with Gasteiger partial charge in [0.25, 0.3) is 0 Å². The molecule has 0 aliphatic rings. The number of phosphoric acid groups is 2. The number of phosphoric ester groups is 2. The second-order valence-corrected chi connectivity index (χ2v) is 29.4. The van der Waals surface area contributed by atoms with Crippen molar-refractivity contribution in [3.8, 4) is 0 Å². The van der Waals surface area contributed by atoms with Gasteiger partial charge >= 0.3 is 39.5 Å². The standard InChI is InChI=1S/C72H140O17P2/c1-7-11-13-15-17-19-20-21-22-26-29-32-36-43-49-55-70(75)83-60-67(88-71(76)56-50-44-37-33-30-27-24-23-25-28-31-34-40-46-52-64(5)9-3)62-86-90(78,79)84-58-66(73)59-85-91(80,81)87-63-68(61-82-69(74)54-48-42-35-18-16-14-12-8-2)89-72(77)57-51-45-39-38-41-47-53-65(6)10-4/h64-68,73H,7-63H2,1-6H3,(H,78,79)(H,80,81)/t64?,65?,66-,67-,68-/m1/s1. The Morgan fingerprint density at radius 2 is 0.527 bits per heavy atom. The third-order valence-corrected chi connectivity index (χ3v) is 19.3. The average Bonchev–Trinajstić information content (AvgIpc) is 3.74. The van der Waals surface area contributed by atoms with Crippen molar-refractivity contribution in [2.45, 2.75) is 387 Å². The van der Waals surface area contributed by atoms with Gasteiger partial charge in [0.2, 0.25) is 0 Å². The van der Waals surface area contributed by atoms with Crippen LogP contribution in [0.4, 0.5) is 0 Å². The van der Waals surface area contributed by atoms with Gasteiger partial charge in [0.05, 0.1) is 26.4 Å². The maximum atomic E-state index is 13.0. The predicted molar refractivity (Wildman–Crippen MR) is 368 cm³/mol. The van der Waals surface area contributed by atoms with E-state index in [2.05, 4.69) is 41.5 Å². The second-order valence-electron chi connectivity index (χ2n) is 26.5. The van der Waals surface area contributed by atoms with Gasteiger partial charge in [0.1, 0.15) is 19.3 Å². The van der Waals surface area contributed by atoms with Gasteiger partial charge in [-0.05, 0) is 37.5 Å². The molecule has 0 fully saturated rings. The number of unbranched alkanes of at least 4 members (excludes halogenated alkanes) is 39. The van der Waals surface area contributed by atoms with Crippen LogP contribution in [0, 0.1) is 11.8 Å². The van der Waals surface area contributed by atoms with Crippen molar-refractivity contribution in [1.29, 1.82) is 0 Å². The zero-order valence-corrected chi connectivity index (χ0v) is 60.9. The van der Waals surface area contributed by atoms with Crippen molar-refractivity contribution in [2.24, 2.45) is 11.8 Å². The van der Waals surface area contributed by atoms with Gasteiger partial charge < -0.3 is 33.8 Å². The zero-order chi connectivity index (χ0) is 67.2. The van der Waals surface area contributed by atoms with Crippen molar-refractivity contribution in [3.05, 3.63) is 0 Å². The Kier molecular flexibility index (Phi) is 62.7. The molecule has 0 aromatic heterocycles. The van der Waals surface area contributed by atoms with Gasteiger partial charge in [-0.3, -0.25) is 37.3 Å². The van der Waals surface area contributed by atoms with Crippen LogP contribution in [0.5, 0.6) is 0 Å². The Hall–Kier alpha value is -1.94. The summed E-state index contributed by atoms with van der Waals surface area (Å²) in [6.07, 6.45) is 50.0. The Labute approximate surface area is 556 Å². The molecular weight excluding hydrogens is 1200 g/mol. The molecule has 19 heteroatoms. The summed E-state index contributed by atoms with van der Waals surface area (Å²) in [5.74, 6) is -0.559. The molecule has 0 aliphatic carbocycles. The SMILES string of the molecule is CCCCCCCCCCCCCCCCCC(=O)OC[C@H](COP(=O)(O)OC[C@@H](O)COP(=O)(O)OC[C@@H](COC(=O)CCCCCCCCCC)OC(=O)CCCCCCCCC(C)CC)OC(=O)CCCCCCCCCCCCCCCCC(C)CC. The highest BCUT2D eigenvalue weighted by Crippen LogP contribution is 2.45. The molecule has 7 atom stereocenters. The van der Waals surface area contributed by atoms with Gasteiger partial charge in [-0.2, -0.15) is 0 Å². The summed E-state index contributed by atoms with van der Waals surface area (Å²) in [6.45, 7) is 9.54. The van der Waals surface area contributed by atoms with Gasteiger partial charge in [-0.1, -0.05) is 318 Å². The maximum Gasteiger partial charge on any atom is 0.472 e. The lowest BCUT2D eigenvalue weighted by Gasteiger charge is -2.21. The number of rotatable bonds is 71. The van der Waals surface area contributed by atoms with Crippen LogP contribution in [0.1, 0.15) is 369 Å². The van der Waals surface area contributed by atoms with E-state index in [1.807, 2.05) is 0 Å². The summed E-state index contributed by atoms with van der Waals surface area (Å²) in [7, 11) is -9.90. The molecule has 0 aromatic carbocycles. The summed E-state index contributed by atoms with van der Waals surface area (Å²) in [6, 6.07) is 0. The summed E-state index contributed by atoms with van der Waals surface area (Å²) >= 11 is 0. The summed E-state index contributed by atoms with van der Waals surface area (Å²) in [5.41, 5.74) is 0. The summed E-state index contributed by atoms with van der Waals surface area (Å²) < 4.78 is 68.3. The van der Waals surface area contributed by atoms with E-state index in [4.69, 9.17) is 37.0 Å². The van der Waals surface area contributed by atoms with Crippen molar-refractivity contribution in [1.82, 2.24) is 0 Å². The number of carbonyl (C=O) groups is 4. The van der Waals surface area contributed by atoms with Crippen molar-refractivity contribution in [3.63, 3.8) is 0 Å². The number of hydrogen-bond acceptors (Lipinski definition) is 15. The first kappa shape index (κ1) is 89.1. The van der Waals surface area contributed by atoms with Crippen LogP contribution in [0.3, 0.4) is 0 Å². The topological polar surface area (TPSA) is 237 Å². The fraction of sp³-hybridized carbons (Fsp3) is 0.944. The average molecular weight is 1340 g/mol. The molecule has 0 aromatic rings. The second kappa shape index (κ2) is 64.1. The van der Waals surface area contributed by atoms with E-state index in [1.54, 1.807) is 0 Å². The van der Waals surface area contributed by atoms with E-state index in [0.717, 1.165) is 108 Å². The lowest BCUT2D eigenvalue weighted by molar-refractivity contribution is -0.161. The molecule has 0 aliphatic heterocycles. The molecule has 0 saturated heterocycles. The molecule has 4 unspecified atom stereocenters. The molecule has 0 spiro atoms. The highest BCUT2D eigenvalue weighted by Gasteiger charge is 2.30. The van der Waals surface area contributed by atoms with E-state index in [0.29, 0.717) is 25.7 Å². The quantitative estimate of drug-likeness (QED) is 0.0222. The Morgan fingerprint density at radius 1 is 0.308 bits per heavy atom. The van der Waals surface area contributed by atoms with E-state index >= 15 is 0 Å². The van der Waals surface area contributed by atoms with Crippen molar-refractivity contribution in [2.75, 3.05) is 39.6 Å². The van der Waals surface area contributed by atoms with Gasteiger partial charge in [-0.25, -0.2) is 9.13 Å². The minimum atomic E-state index is -4.95. The van der Waals surface area contributed by atoms with Gasteiger partial charge in [-0.15, -0.1) is 0 Å². The minimum Gasteiger partial charge on any atom is -0.462 e. The van der Waals surface area contributed by atoms with Crippen LogP contribution < -0.4 is 0 Å². The summed E-state index contributed by atoms with van der Waals surface area (Å²) in [5, 5.41) is 10.6. The van der Waals surface area contributed by atoms with Gasteiger partial charge in [0.15, 0.2) is 12.2 Å². The highest BCUT2D eigenvalue weighted by atomic mass is 31.2. The molecule has 91 heavy (non-hydrogen) atoms. The molecule has 0 bridgehead atoms. The molecule has 0 rings (SSSR count). The molecular formula is C72H140O17P2. The van der Waals surface area contributed by atoms with Crippen LogP contribution in [0.25, 0.3) is 0 Å². The third-order valence-electron chi connectivity index (χ3n) is 17.4. The monoisotopic (exact) mass is 1340 g/mol. The van der Waals surface area contributed by atoms with Crippen LogP contribution in [-0.2, 0) is 65.4 Å². The normalized spacial score (nSPS) is 14.7. The Bertz CT molecular complexity index is 1770. The minimum absolute atomic E-state index is 0.103. The first-order valence-electron chi connectivity index (χ1n) is 37.6. The first-order valence-corrected chi connectivity index (χ1v) is 40.6. The largest absolute Gasteiger partial charge is 0.472 e. The highest BCUT2D eigenvalue weighted by molar-refractivity contribution is 7.47. The molecule has 17 nitrogen and oxygen atoms in total. The van der Waals surface area contributed by atoms with E-state index in [-0.39, 0.29) is 25.7 Å². The molecule has 3 N–H and O–H groups in total. The smallest absolute Gasteiger partial charge is 0.462 e. The van der Waals surface area contributed by atoms with Crippen LogP contribution in [0.15, 0.2) is 0 Å². The van der Waals surface area contributed by atoms with E-state index in [9.17, 15) is 43.2 Å². The number of hydrogen-bond donors (Lipinski definition) is 3. The number of aliphatic hydroxyl groups excluding tert-OH is 1. The van der Waals surface area contributed by atoms with E-state index < -0.39 is 97.5 Å². The Morgan fingerprint density at radius 3 is 0.780 bits per heavy atom. The molecule has 0 heterocycles. The van der Waals surface area contributed by atoms with Crippen molar-refractivity contribution >= 4 is 39.5 Å². The van der Waals surface area contributed by atoms with Gasteiger partial charge in [0, 0.05) is 25.7 Å². The number of aliphatic hydroxyl groups is 1. The van der Waals surface area contributed by atoms with Crippen LogP contribution in [0.2, 0.25) is 0 Å². The number of esters is 4. The molecule has 540 valence electrons. The zero-order valence-electron chi connectivity index (χ0n) is 59.1. The fourth-order valence-electron chi connectivity index (χ4n) is 10.9. The van der Waals surface area contributed by atoms with Crippen LogP contribution in [-0.4, -0.2) is 96.7 Å². The van der Waals surface area contributed by atoms with E-state index in [1.165, 1.54) is 180 Å². The Balaban J connectivity index is 5.21. The summed E-state index contributed by atoms with van der Waals surface area (Å²) in [4.78, 5) is 72.5. The van der Waals surface area contributed by atoms with Crippen LogP contribution >= 0.6 is 15.6 Å². The molecule has 0 saturated carbocycles. The number of ether oxygens (including phenoxy) is 4. The molecule has 0 amide bonds. The lowest BCUT2D eigenvalue weighted by Crippen LogP contribution is -2.30.